The predicted molar refractivity (Wildman–Crippen MR) is 162 cm³/mol. The first-order valence-electron chi connectivity index (χ1n) is 16.9. The maximum absolute atomic E-state index is 13.6. The molecule has 6 bridgehead atoms. The molecule has 0 saturated heterocycles. The van der Waals surface area contributed by atoms with Crippen molar-refractivity contribution in [3.8, 4) is 0 Å². The minimum atomic E-state index is -4.36. The van der Waals surface area contributed by atoms with Gasteiger partial charge in [-0.3, -0.25) is 4.55 Å². The minimum Gasteiger partial charge on any atom is -0.282 e. The Morgan fingerprint density at radius 3 is 2.27 bits per heavy atom. The van der Waals surface area contributed by atoms with Crippen molar-refractivity contribution in [1.82, 2.24) is 0 Å². The van der Waals surface area contributed by atoms with E-state index >= 15 is 0 Å². The fourth-order valence-electron chi connectivity index (χ4n) is 11.8. The van der Waals surface area contributed by atoms with Crippen LogP contribution in [0.4, 0.5) is 0 Å². The van der Waals surface area contributed by atoms with E-state index in [-0.39, 0.29) is 16.7 Å². The van der Waals surface area contributed by atoms with Crippen molar-refractivity contribution >= 4 is 10.1 Å². The summed E-state index contributed by atoms with van der Waals surface area (Å²) in [5.74, 6) is 4.34. The highest BCUT2D eigenvalue weighted by Crippen LogP contribution is 2.58. The van der Waals surface area contributed by atoms with E-state index in [4.69, 9.17) is 0 Å². The Labute approximate surface area is 243 Å². The van der Waals surface area contributed by atoms with Gasteiger partial charge in [0.25, 0.3) is 10.1 Å². The number of hydrogen-bond donors (Lipinski definition) is 1. The highest BCUT2D eigenvalue weighted by Gasteiger charge is 2.48. The molecule has 1 aromatic carbocycles. The molecule has 0 aliphatic heterocycles. The Hall–Kier alpha value is -1.13. The molecule has 5 saturated carbocycles. The SMILES string of the molecule is CC1C=C2CC(C1)CC(c1cc(C3(C)CC4CCCC(C4)C3)cc(C34CCCC(CC(C)C3)C4)c1S(=O)(=O)O)C2. The molecule has 0 aromatic heterocycles. The van der Waals surface area contributed by atoms with Crippen LogP contribution in [0, 0.1) is 35.5 Å². The van der Waals surface area contributed by atoms with Gasteiger partial charge in [-0.15, -0.1) is 0 Å². The zero-order chi connectivity index (χ0) is 27.9. The first-order chi connectivity index (χ1) is 19.0. The number of allylic oxidation sites excluding steroid dienone is 2. The molecule has 6 aliphatic carbocycles. The van der Waals surface area contributed by atoms with Crippen molar-refractivity contribution in [3.63, 3.8) is 0 Å². The normalized spacial score (nSPS) is 43.2. The van der Waals surface area contributed by atoms with Crippen molar-refractivity contribution in [2.45, 2.75) is 145 Å². The molecular weight excluding hydrogens is 512 g/mol. The molecule has 220 valence electrons. The summed E-state index contributed by atoms with van der Waals surface area (Å²) in [6, 6.07) is 4.69. The molecule has 0 heterocycles. The topological polar surface area (TPSA) is 54.4 Å². The molecule has 5 fully saturated rings. The first-order valence-corrected chi connectivity index (χ1v) is 18.3. The summed E-state index contributed by atoms with van der Waals surface area (Å²) in [5.41, 5.74) is 4.90. The van der Waals surface area contributed by atoms with Gasteiger partial charge in [-0.1, -0.05) is 76.7 Å². The van der Waals surface area contributed by atoms with Gasteiger partial charge in [0, 0.05) is 0 Å². The van der Waals surface area contributed by atoms with Crippen LogP contribution in [0.15, 0.2) is 28.7 Å². The maximum Gasteiger partial charge on any atom is 0.295 e. The van der Waals surface area contributed by atoms with Crippen LogP contribution in [0.5, 0.6) is 0 Å². The van der Waals surface area contributed by atoms with Crippen molar-refractivity contribution in [1.29, 1.82) is 0 Å². The lowest BCUT2D eigenvalue weighted by molar-refractivity contribution is 0.106. The van der Waals surface area contributed by atoms with Crippen LogP contribution in [-0.4, -0.2) is 13.0 Å². The molecule has 40 heavy (non-hydrogen) atoms. The Morgan fingerprint density at radius 1 is 0.825 bits per heavy atom. The Kier molecular flexibility index (Phi) is 6.90. The van der Waals surface area contributed by atoms with E-state index in [1.165, 1.54) is 81.8 Å². The van der Waals surface area contributed by atoms with Gasteiger partial charge in [-0.05, 0) is 140 Å². The fourth-order valence-corrected chi connectivity index (χ4v) is 12.9. The smallest absolute Gasteiger partial charge is 0.282 e. The van der Waals surface area contributed by atoms with E-state index < -0.39 is 10.1 Å². The standard InChI is InChI=1S/C36H52O3S/c1-23-10-28-14-29(11-23)16-30(15-28)32-17-31(35(3)20-26-6-4-7-27(13-26)21-35)18-33(34(32)40(37,38)39)36-9-5-8-25(22-36)12-24(2)19-36/h10,17-18,23-27,29-30H,4-9,11-16,19-22H2,1-3H3,(H,37,38,39). The van der Waals surface area contributed by atoms with Gasteiger partial charge in [0.1, 0.15) is 4.90 Å². The number of fused-ring (bicyclic) bond motifs is 6. The summed E-state index contributed by atoms with van der Waals surface area (Å²) in [4.78, 5) is 0.337. The van der Waals surface area contributed by atoms with Crippen LogP contribution < -0.4 is 0 Å². The molecule has 1 N–H and O–H groups in total. The molecule has 0 radical (unpaired) electrons. The van der Waals surface area contributed by atoms with Gasteiger partial charge < -0.3 is 0 Å². The zero-order valence-electron chi connectivity index (χ0n) is 25.3. The number of benzene rings is 1. The summed E-state index contributed by atoms with van der Waals surface area (Å²) in [6.07, 6.45) is 21.8. The predicted octanol–water partition coefficient (Wildman–Crippen LogP) is 9.50. The average molecular weight is 565 g/mol. The number of rotatable bonds is 4. The van der Waals surface area contributed by atoms with E-state index in [1.807, 2.05) is 0 Å². The molecule has 0 spiro atoms. The molecule has 1 aromatic rings. The highest BCUT2D eigenvalue weighted by atomic mass is 32.2. The van der Waals surface area contributed by atoms with Gasteiger partial charge in [0.05, 0.1) is 0 Å². The van der Waals surface area contributed by atoms with Crippen LogP contribution >= 0.6 is 0 Å². The Balaban J connectivity index is 1.43. The minimum absolute atomic E-state index is 0.0958. The second-order valence-electron chi connectivity index (χ2n) is 16.3. The summed E-state index contributed by atoms with van der Waals surface area (Å²) < 4.78 is 38.2. The third-order valence-electron chi connectivity index (χ3n) is 12.8. The van der Waals surface area contributed by atoms with Gasteiger partial charge in [-0.2, -0.15) is 8.42 Å². The van der Waals surface area contributed by atoms with Crippen molar-refractivity contribution < 1.29 is 13.0 Å². The van der Waals surface area contributed by atoms with Gasteiger partial charge >= 0.3 is 0 Å². The monoisotopic (exact) mass is 564 g/mol. The van der Waals surface area contributed by atoms with E-state index in [0.29, 0.717) is 28.6 Å². The fraction of sp³-hybridized carbons (Fsp3) is 0.778. The summed E-state index contributed by atoms with van der Waals surface area (Å²) in [6.45, 7) is 7.21. The van der Waals surface area contributed by atoms with Crippen LogP contribution in [0.2, 0.25) is 0 Å². The second-order valence-corrected chi connectivity index (χ2v) is 17.7. The third-order valence-corrected chi connectivity index (χ3v) is 13.7. The molecule has 3 nitrogen and oxygen atoms in total. The number of hydrogen-bond acceptors (Lipinski definition) is 2. The molecule has 8 unspecified atom stereocenters. The van der Waals surface area contributed by atoms with Gasteiger partial charge in [-0.25, -0.2) is 0 Å². The molecule has 6 aliphatic rings. The van der Waals surface area contributed by atoms with E-state index in [9.17, 15) is 13.0 Å². The highest BCUT2D eigenvalue weighted by molar-refractivity contribution is 7.86. The van der Waals surface area contributed by atoms with E-state index in [2.05, 4.69) is 39.0 Å². The second kappa shape index (κ2) is 9.97. The Morgan fingerprint density at radius 2 is 1.55 bits per heavy atom. The quantitative estimate of drug-likeness (QED) is 0.293. The zero-order valence-corrected chi connectivity index (χ0v) is 26.1. The summed E-state index contributed by atoms with van der Waals surface area (Å²) in [7, 11) is -4.36. The molecule has 4 heteroatoms. The molecular formula is C36H52O3S. The lowest BCUT2D eigenvalue weighted by atomic mass is 9.55. The third kappa shape index (κ3) is 4.95. The molecule has 8 atom stereocenters. The van der Waals surface area contributed by atoms with Crippen LogP contribution in [-0.2, 0) is 20.9 Å². The van der Waals surface area contributed by atoms with Crippen LogP contribution in [0.3, 0.4) is 0 Å². The van der Waals surface area contributed by atoms with Crippen molar-refractivity contribution in [3.05, 3.63) is 40.5 Å². The first kappa shape index (κ1) is 27.7. The average Bonchev–Trinajstić information content (AvgIpc) is 2.86. The van der Waals surface area contributed by atoms with Gasteiger partial charge in [0.2, 0.25) is 0 Å². The van der Waals surface area contributed by atoms with E-state index in [1.54, 1.807) is 0 Å². The summed E-state index contributed by atoms with van der Waals surface area (Å²) >= 11 is 0. The molecule has 0 amide bonds. The summed E-state index contributed by atoms with van der Waals surface area (Å²) in [5, 5.41) is 0. The maximum atomic E-state index is 13.6. The molecule has 7 rings (SSSR count). The van der Waals surface area contributed by atoms with Crippen molar-refractivity contribution in [2.75, 3.05) is 0 Å². The van der Waals surface area contributed by atoms with E-state index in [0.717, 1.165) is 55.1 Å². The van der Waals surface area contributed by atoms with Crippen molar-refractivity contribution in [2.24, 2.45) is 35.5 Å². The largest absolute Gasteiger partial charge is 0.295 e. The van der Waals surface area contributed by atoms with Crippen LogP contribution in [0.1, 0.15) is 146 Å². The van der Waals surface area contributed by atoms with Crippen LogP contribution in [0.25, 0.3) is 0 Å². The Bertz CT molecular complexity index is 1280. The van der Waals surface area contributed by atoms with Gasteiger partial charge in [0.15, 0.2) is 0 Å². The lowest BCUT2D eigenvalue weighted by Crippen LogP contribution is -2.42. The lowest BCUT2D eigenvalue weighted by Gasteiger charge is -2.50.